The van der Waals surface area contributed by atoms with Gasteiger partial charge in [-0.2, -0.15) is 5.26 Å². The predicted octanol–water partition coefficient (Wildman–Crippen LogP) is 4.48. The number of carbonyl (C=O) groups is 1. The van der Waals surface area contributed by atoms with E-state index in [2.05, 4.69) is 20.8 Å². The van der Waals surface area contributed by atoms with Gasteiger partial charge in [0.25, 0.3) is 14.6 Å². The lowest BCUT2D eigenvalue weighted by Crippen LogP contribution is -2.65. The number of hydrogen-bond donors (Lipinski definition) is 1. The molecule has 0 bridgehead atoms. The summed E-state index contributed by atoms with van der Waals surface area (Å²) in [7, 11) is -2.62. The highest BCUT2D eigenvalue weighted by Gasteiger charge is 2.82. The molecule has 1 saturated heterocycles. The smallest absolute Gasteiger partial charge is 0.282 e. The van der Waals surface area contributed by atoms with Gasteiger partial charge in [-0.3, -0.25) is 4.79 Å². The van der Waals surface area contributed by atoms with Crippen molar-refractivity contribution in [2.24, 2.45) is 28.6 Å². The normalized spacial score (nSPS) is 51.4. The lowest BCUT2D eigenvalue weighted by atomic mass is 9.44. The van der Waals surface area contributed by atoms with Crippen LogP contribution in [0.25, 0.3) is 0 Å². The number of ether oxygens (including phenoxy) is 1. The Morgan fingerprint density at radius 2 is 2.06 bits per heavy atom. The third-order valence-corrected chi connectivity index (χ3v) is 14.5. The van der Waals surface area contributed by atoms with Gasteiger partial charge in [0, 0.05) is 17.3 Å². The molecule has 1 heterocycles. The van der Waals surface area contributed by atoms with Crippen LogP contribution in [-0.2, 0) is 14.0 Å². The minimum absolute atomic E-state index is 0.0861. The summed E-state index contributed by atoms with van der Waals surface area (Å²) >= 11 is 6.97. The Morgan fingerprint density at radius 3 is 2.74 bits per heavy atom. The zero-order valence-electron chi connectivity index (χ0n) is 19.2. The van der Waals surface area contributed by atoms with Crippen molar-refractivity contribution < 1.29 is 19.1 Å². The molecule has 0 amide bonds. The van der Waals surface area contributed by atoms with Gasteiger partial charge in [0.05, 0.1) is 16.7 Å². The maximum atomic E-state index is 12.2. The monoisotopic (exact) mass is 463 g/mol. The van der Waals surface area contributed by atoms with E-state index in [1.807, 2.05) is 25.4 Å². The molecule has 5 nitrogen and oxygen atoms in total. The number of hydrogen-bond acceptors (Lipinski definition) is 5. The van der Waals surface area contributed by atoms with Crippen LogP contribution in [0.5, 0.6) is 0 Å². The fourth-order valence-corrected chi connectivity index (χ4v) is 11.1. The van der Waals surface area contributed by atoms with Crippen molar-refractivity contribution >= 4 is 25.7 Å². The summed E-state index contributed by atoms with van der Waals surface area (Å²) in [5.41, 5.74) is -0.481. The van der Waals surface area contributed by atoms with E-state index >= 15 is 0 Å². The van der Waals surface area contributed by atoms with Gasteiger partial charge in [0.1, 0.15) is 5.60 Å². The number of epoxide rings is 1. The molecule has 1 aliphatic heterocycles. The summed E-state index contributed by atoms with van der Waals surface area (Å²) in [4.78, 5) is 12.2. The highest BCUT2D eigenvalue weighted by Crippen LogP contribution is 2.77. The Hall–Kier alpha value is -0.873. The quantitative estimate of drug-likeness (QED) is 0.289. The fourth-order valence-electron chi connectivity index (χ4n) is 8.61. The second kappa shape index (κ2) is 6.37. The number of ketones is 1. The van der Waals surface area contributed by atoms with Gasteiger partial charge in [-0.1, -0.05) is 26.3 Å². The van der Waals surface area contributed by atoms with Crippen molar-refractivity contribution in [3.8, 4) is 6.26 Å². The van der Waals surface area contributed by atoms with E-state index in [9.17, 15) is 9.90 Å². The number of nitrogens with zero attached hydrogens (tertiary/aromatic N) is 1. The van der Waals surface area contributed by atoms with Crippen LogP contribution < -0.4 is 0 Å². The molecule has 0 aromatic carbocycles. The number of nitriles is 1. The van der Waals surface area contributed by atoms with E-state index in [4.69, 9.17) is 26.0 Å². The molecule has 7 heteroatoms. The molecule has 3 saturated carbocycles. The topological polar surface area (TPSA) is 82.8 Å². The van der Waals surface area contributed by atoms with Crippen LogP contribution in [0.2, 0.25) is 13.1 Å². The maximum absolute atomic E-state index is 12.2. The van der Waals surface area contributed by atoms with Crippen LogP contribution in [0.4, 0.5) is 0 Å². The molecule has 5 aliphatic rings. The van der Waals surface area contributed by atoms with Crippen molar-refractivity contribution in [3.05, 3.63) is 11.6 Å². The van der Waals surface area contributed by atoms with Gasteiger partial charge >= 0.3 is 0 Å². The molecule has 0 aromatic heterocycles. The third-order valence-electron chi connectivity index (χ3n) is 10.2. The predicted molar refractivity (Wildman–Crippen MR) is 120 cm³/mol. The fraction of sp³-hybridized carbons (Fsp3) is 0.833. The van der Waals surface area contributed by atoms with Crippen LogP contribution >= 0.6 is 11.6 Å². The number of alkyl halides is 1. The first-order chi connectivity index (χ1) is 14.4. The molecule has 1 N–H and O–H groups in total. The van der Waals surface area contributed by atoms with Crippen LogP contribution in [0.3, 0.4) is 0 Å². The zero-order chi connectivity index (χ0) is 22.6. The Bertz CT molecular complexity index is 916. The number of halogens is 1. The first-order valence-corrected chi connectivity index (χ1v) is 15.2. The van der Waals surface area contributed by atoms with Gasteiger partial charge in [-0.15, -0.1) is 11.6 Å². The van der Waals surface area contributed by atoms with E-state index in [1.165, 1.54) is 5.57 Å². The molecule has 0 aromatic rings. The SMILES string of the molecule is C[C@H]1CC2C3CC[C@](O)([C@H](Cl)[Si](C)(C)OC#N)[C@@]3(C)C[C@@H]3O[C@]23[C@@]2(C)CCC(=O)C=C12. The Labute approximate surface area is 191 Å². The first-order valence-electron chi connectivity index (χ1n) is 11.7. The maximum Gasteiger partial charge on any atom is 0.282 e. The van der Waals surface area contributed by atoms with Gasteiger partial charge in [0.15, 0.2) is 5.78 Å². The van der Waals surface area contributed by atoms with Crippen molar-refractivity contribution in [1.82, 2.24) is 0 Å². The van der Waals surface area contributed by atoms with Gasteiger partial charge in [-0.05, 0) is 69.0 Å². The molecule has 4 fully saturated rings. The molecule has 9 atom stereocenters. The van der Waals surface area contributed by atoms with Crippen molar-refractivity contribution in [2.75, 3.05) is 0 Å². The Morgan fingerprint density at radius 1 is 1.35 bits per heavy atom. The molecule has 2 unspecified atom stereocenters. The van der Waals surface area contributed by atoms with E-state index < -0.39 is 18.9 Å². The molecular formula is C24H34ClNO4Si. The van der Waals surface area contributed by atoms with Crippen LogP contribution in [0, 0.1) is 40.1 Å². The van der Waals surface area contributed by atoms with Gasteiger partial charge < -0.3 is 14.3 Å². The highest BCUT2D eigenvalue weighted by molar-refractivity contribution is 6.80. The summed E-state index contributed by atoms with van der Waals surface area (Å²) in [5.74, 6) is 1.24. The van der Waals surface area contributed by atoms with Gasteiger partial charge in [0.2, 0.25) is 0 Å². The van der Waals surface area contributed by atoms with E-state index in [1.54, 1.807) is 0 Å². The minimum Gasteiger partial charge on any atom is -0.481 e. The summed E-state index contributed by atoms with van der Waals surface area (Å²) in [6, 6.07) is 0. The van der Waals surface area contributed by atoms with Crippen LogP contribution in [0.1, 0.15) is 59.3 Å². The standard InChI is InChI=1S/C24H34ClNO4Si/c1-14-10-18-16-7-9-23(28,20(25)31(4,5)29-13-26)22(16,3)12-19-24(18,30-19)21(2)8-6-15(27)11-17(14)21/h11,14,16,18-20,28H,6-10,12H2,1-5H3/t14-,16?,18?,19-,20+,21-,22-,23-,24+/m0/s1. The number of rotatable bonds is 3. The van der Waals surface area contributed by atoms with E-state index in [0.717, 1.165) is 25.7 Å². The molecule has 31 heavy (non-hydrogen) atoms. The Kier molecular flexibility index (Phi) is 4.51. The average molecular weight is 464 g/mol. The second-order valence-electron chi connectivity index (χ2n) is 11.9. The number of aliphatic hydroxyl groups is 1. The first kappa shape index (κ1) is 21.9. The second-order valence-corrected chi connectivity index (χ2v) is 16.7. The van der Waals surface area contributed by atoms with E-state index in [-0.39, 0.29) is 28.3 Å². The van der Waals surface area contributed by atoms with Crippen LogP contribution in [-0.4, -0.2) is 41.5 Å². The van der Waals surface area contributed by atoms with Crippen molar-refractivity contribution in [3.63, 3.8) is 0 Å². The number of carbonyl (C=O) groups excluding carboxylic acids is 1. The highest BCUT2D eigenvalue weighted by atomic mass is 35.5. The summed E-state index contributed by atoms with van der Waals surface area (Å²) < 4.78 is 12.1. The summed E-state index contributed by atoms with van der Waals surface area (Å²) in [5, 5.41) is 20.7. The van der Waals surface area contributed by atoms with Gasteiger partial charge in [-0.25, -0.2) is 0 Å². The van der Waals surface area contributed by atoms with Crippen LogP contribution in [0.15, 0.2) is 11.6 Å². The Balaban J connectivity index is 1.54. The summed E-state index contributed by atoms with van der Waals surface area (Å²) in [6.07, 6.45) is 8.60. The molecule has 5 rings (SSSR count). The van der Waals surface area contributed by atoms with E-state index in [0.29, 0.717) is 30.6 Å². The van der Waals surface area contributed by atoms with Crippen molar-refractivity contribution in [1.29, 1.82) is 5.26 Å². The minimum atomic E-state index is -2.62. The molecule has 0 radical (unpaired) electrons. The summed E-state index contributed by atoms with van der Waals surface area (Å²) in [6.45, 7) is 10.6. The lowest BCUT2D eigenvalue weighted by molar-refractivity contribution is -0.120. The zero-order valence-corrected chi connectivity index (χ0v) is 21.0. The average Bonchev–Trinajstić information content (AvgIpc) is 3.35. The number of fused-ring (bicyclic) bond motifs is 3. The lowest BCUT2D eigenvalue weighted by Gasteiger charge is -2.59. The molecule has 4 aliphatic carbocycles. The third kappa shape index (κ3) is 2.47. The molecular weight excluding hydrogens is 430 g/mol. The largest absolute Gasteiger partial charge is 0.481 e. The molecule has 170 valence electrons. The molecule has 1 spiro atoms. The van der Waals surface area contributed by atoms with Crippen molar-refractivity contribution in [2.45, 2.75) is 94.7 Å².